The summed E-state index contributed by atoms with van der Waals surface area (Å²) < 4.78 is 7.54. The second-order valence-electron chi connectivity index (χ2n) is 5.27. The van der Waals surface area contributed by atoms with Crippen molar-refractivity contribution in [2.45, 2.75) is 66.5 Å². The monoisotopic (exact) mass is 281 g/mol. The van der Waals surface area contributed by atoms with Crippen molar-refractivity contribution in [2.75, 3.05) is 19.8 Å². The molecule has 116 valence electrons. The first kappa shape index (κ1) is 17.2. The molecule has 0 amide bonds. The predicted molar refractivity (Wildman–Crippen MR) is 84.1 cm³/mol. The summed E-state index contributed by atoms with van der Waals surface area (Å²) in [4.78, 5) is 0. The molecule has 0 fully saturated rings. The smallest absolute Gasteiger partial charge is 0.0644 e. The summed E-state index contributed by atoms with van der Waals surface area (Å²) >= 11 is 0. The van der Waals surface area contributed by atoms with Crippen LogP contribution in [-0.4, -0.2) is 29.5 Å². The Hall–Kier alpha value is -0.870. The SMILES string of the molecule is CCCNC(CC)c1c(C)nn(CCCOCC)c1C. The van der Waals surface area contributed by atoms with Crippen LogP contribution in [0.2, 0.25) is 0 Å². The van der Waals surface area contributed by atoms with Crippen LogP contribution < -0.4 is 5.32 Å². The van der Waals surface area contributed by atoms with Gasteiger partial charge in [-0.15, -0.1) is 0 Å². The van der Waals surface area contributed by atoms with Crippen LogP contribution >= 0.6 is 0 Å². The molecule has 0 saturated heterocycles. The van der Waals surface area contributed by atoms with Gasteiger partial charge >= 0.3 is 0 Å². The normalized spacial score (nSPS) is 12.8. The molecular weight excluding hydrogens is 250 g/mol. The minimum atomic E-state index is 0.426. The van der Waals surface area contributed by atoms with Crippen LogP contribution in [0.3, 0.4) is 0 Å². The van der Waals surface area contributed by atoms with Crippen LogP contribution in [0.4, 0.5) is 0 Å². The highest BCUT2D eigenvalue weighted by Crippen LogP contribution is 2.24. The van der Waals surface area contributed by atoms with E-state index in [9.17, 15) is 0 Å². The Morgan fingerprint density at radius 1 is 1.25 bits per heavy atom. The van der Waals surface area contributed by atoms with Crippen LogP contribution in [0.5, 0.6) is 0 Å². The van der Waals surface area contributed by atoms with Gasteiger partial charge in [0.2, 0.25) is 0 Å². The lowest BCUT2D eigenvalue weighted by molar-refractivity contribution is 0.140. The molecule has 0 bridgehead atoms. The van der Waals surface area contributed by atoms with E-state index in [1.165, 1.54) is 11.3 Å². The fourth-order valence-corrected chi connectivity index (χ4v) is 2.66. The van der Waals surface area contributed by atoms with Crippen molar-refractivity contribution in [1.29, 1.82) is 0 Å². The molecule has 0 aliphatic rings. The summed E-state index contributed by atoms with van der Waals surface area (Å²) in [5.41, 5.74) is 3.85. The van der Waals surface area contributed by atoms with Gasteiger partial charge in [0.15, 0.2) is 0 Å². The molecule has 4 nitrogen and oxygen atoms in total. The molecule has 0 radical (unpaired) electrons. The summed E-state index contributed by atoms with van der Waals surface area (Å²) in [6.07, 6.45) is 3.29. The zero-order chi connectivity index (χ0) is 15.0. The van der Waals surface area contributed by atoms with E-state index in [4.69, 9.17) is 9.84 Å². The molecule has 0 aliphatic heterocycles. The Kier molecular flexibility index (Phi) is 7.85. The molecule has 1 aromatic heterocycles. The van der Waals surface area contributed by atoms with Crippen molar-refractivity contribution in [2.24, 2.45) is 0 Å². The first-order valence-electron chi connectivity index (χ1n) is 8.00. The van der Waals surface area contributed by atoms with Gasteiger partial charge < -0.3 is 10.1 Å². The number of nitrogens with zero attached hydrogens (tertiary/aromatic N) is 2. The Morgan fingerprint density at radius 2 is 2.00 bits per heavy atom. The van der Waals surface area contributed by atoms with Crippen molar-refractivity contribution < 1.29 is 4.74 Å². The topological polar surface area (TPSA) is 39.1 Å². The molecule has 0 saturated carbocycles. The Morgan fingerprint density at radius 3 is 2.60 bits per heavy atom. The lowest BCUT2D eigenvalue weighted by Crippen LogP contribution is -2.22. The molecule has 1 N–H and O–H groups in total. The predicted octanol–water partition coefficient (Wildman–Crippen LogP) is 3.38. The third-order valence-electron chi connectivity index (χ3n) is 3.70. The van der Waals surface area contributed by atoms with E-state index >= 15 is 0 Å². The van der Waals surface area contributed by atoms with Gasteiger partial charge in [-0.1, -0.05) is 13.8 Å². The molecule has 1 heterocycles. The van der Waals surface area contributed by atoms with Gasteiger partial charge in [-0.25, -0.2) is 0 Å². The zero-order valence-corrected chi connectivity index (χ0v) is 13.8. The lowest BCUT2D eigenvalue weighted by atomic mass is 10.0. The molecule has 0 spiro atoms. The highest BCUT2D eigenvalue weighted by molar-refractivity contribution is 5.28. The second kappa shape index (κ2) is 9.14. The summed E-state index contributed by atoms with van der Waals surface area (Å²) in [7, 11) is 0. The standard InChI is InChI=1S/C16H31N3O/c1-6-10-17-15(7-2)16-13(4)18-19(14(16)5)11-9-12-20-8-3/h15,17H,6-12H2,1-5H3. The molecule has 4 heteroatoms. The maximum Gasteiger partial charge on any atom is 0.0644 e. The number of rotatable bonds is 10. The fourth-order valence-electron chi connectivity index (χ4n) is 2.66. The molecule has 20 heavy (non-hydrogen) atoms. The first-order valence-corrected chi connectivity index (χ1v) is 8.00. The fraction of sp³-hybridized carbons (Fsp3) is 0.812. The number of hydrogen-bond acceptors (Lipinski definition) is 3. The number of aryl methyl sites for hydroxylation is 2. The quantitative estimate of drug-likeness (QED) is 0.668. The Bertz CT molecular complexity index is 387. The summed E-state index contributed by atoms with van der Waals surface area (Å²) in [5.74, 6) is 0. The van der Waals surface area contributed by atoms with Gasteiger partial charge in [-0.3, -0.25) is 4.68 Å². The molecule has 1 aromatic rings. The maximum atomic E-state index is 5.40. The van der Waals surface area contributed by atoms with Crippen molar-refractivity contribution in [3.63, 3.8) is 0 Å². The zero-order valence-electron chi connectivity index (χ0n) is 13.8. The van der Waals surface area contributed by atoms with E-state index in [0.717, 1.165) is 51.3 Å². The highest BCUT2D eigenvalue weighted by atomic mass is 16.5. The Balaban J connectivity index is 2.73. The van der Waals surface area contributed by atoms with E-state index in [2.05, 4.69) is 37.7 Å². The van der Waals surface area contributed by atoms with Crippen molar-refractivity contribution in [3.8, 4) is 0 Å². The van der Waals surface area contributed by atoms with Crippen molar-refractivity contribution >= 4 is 0 Å². The molecular formula is C16H31N3O. The number of ether oxygens (including phenoxy) is 1. The van der Waals surface area contributed by atoms with E-state index in [1.54, 1.807) is 0 Å². The number of aromatic nitrogens is 2. The van der Waals surface area contributed by atoms with E-state index in [1.807, 2.05) is 6.92 Å². The molecule has 0 aliphatic carbocycles. The second-order valence-corrected chi connectivity index (χ2v) is 5.27. The van der Waals surface area contributed by atoms with Crippen LogP contribution in [0, 0.1) is 13.8 Å². The van der Waals surface area contributed by atoms with Gasteiger partial charge in [0.25, 0.3) is 0 Å². The third-order valence-corrected chi connectivity index (χ3v) is 3.70. The van der Waals surface area contributed by atoms with Crippen molar-refractivity contribution in [1.82, 2.24) is 15.1 Å². The van der Waals surface area contributed by atoms with E-state index in [0.29, 0.717) is 6.04 Å². The number of nitrogens with one attached hydrogen (secondary N) is 1. The summed E-state index contributed by atoms with van der Waals surface area (Å²) in [5, 5.41) is 8.33. The van der Waals surface area contributed by atoms with Crippen LogP contribution in [0.1, 0.15) is 63.0 Å². The molecule has 1 atom stereocenters. The molecule has 0 aromatic carbocycles. The number of hydrogen-bond donors (Lipinski definition) is 1. The van der Waals surface area contributed by atoms with Gasteiger partial charge in [0, 0.05) is 37.1 Å². The van der Waals surface area contributed by atoms with Gasteiger partial charge in [0.05, 0.1) is 5.69 Å². The van der Waals surface area contributed by atoms with E-state index < -0.39 is 0 Å². The molecule has 1 rings (SSSR count). The summed E-state index contributed by atoms with van der Waals surface area (Å²) in [6, 6.07) is 0.426. The summed E-state index contributed by atoms with van der Waals surface area (Å²) in [6.45, 7) is 14.4. The minimum Gasteiger partial charge on any atom is -0.382 e. The van der Waals surface area contributed by atoms with Crippen LogP contribution in [0.15, 0.2) is 0 Å². The lowest BCUT2D eigenvalue weighted by Gasteiger charge is -2.17. The van der Waals surface area contributed by atoms with E-state index in [-0.39, 0.29) is 0 Å². The maximum absolute atomic E-state index is 5.40. The first-order chi connectivity index (χ1) is 9.65. The molecule has 1 unspecified atom stereocenters. The minimum absolute atomic E-state index is 0.426. The van der Waals surface area contributed by atoms with Gasteiger partial charge in [-0.05, 0) is 46.6 Å². The third kappa shape index (κ3) is 4.60. The van der Waals surface area contributed by atoms with Gasteiger partial charge in [-0.2, -0.15) is 5.10 Å². The van der Waals surface area contributed by atoms with Crippen LogP contribution in [-0.2, 0) is 11.3 Å². The van der Waals surface area contributed by atoms with Crippen LogP contribution in [0.25, 0.3) is 0 Å². The van der Waals surface area contributed by atoms with Gasteiger partial charge in [0.1, 0.15) is 0 Å². The largest absolute Gasteiger partial charge is 0.382 e. The average molecular weight is 281 g/mol. The highest BCUT2D eigenvalue weighted by Gasteiger charge is 2.18. The average Bonchev–Trinajstić information content (AvgIpc) is 2.72. The Labute approximate surface area is 123 Å². The van der Waals surface area contributed by atoms with Crippen molar-refractivity contribution in [3.05, 3.63) is 17.0 Å².